The maximum atomic E-state index is 12.4. The summed E-state index contributed by atoms with van der Waals surface area (Å²) in [5.41, 5.74) is -1.51. The van der Waals surface area contributed by atoms with Crippen molar-refractivity contribution in [3.63, 3.8) is 0 Å². The number of nitro benzene ring substituents is 1. The Morgan fingerprint density at radius 1 is 1.33 bits per heavy atom. The molecule has 0 atom stereocenters. The Balaban J connectivity index is 3.04. The van der Waals surface area contributed by atoms with Crippen molar-refractivity contribution in [2.75, 3.05) is 20.3 Å². The van der Waals surface area contributed by atoms with Gasteiger partial charge in [0.2, 0.25) is 0 Å². The van der Waals surface area contributed by atoms with Gasteiger partial charge in [0, 0.05) is 13.2 Å². The van der Waals surface area contributed by atoms with Gasteiger partial charge in [0.1, 0.15) is 6.61 Å². The Morgan fingerprint density at radius 2 is 2.00 bits per heavy atom. The van der Waals surface area contributed by atoms with E-state index in [2.05, 4.69) is 4.74 Å². The van der Waals surface area contributed by atoms with E-state index in [9.17, 15) is 23.3 Å². The molecule has 0 aromatic heterocycles. The molecule has 8 heteroatoms. The number of nitro groups is 1. The summed E-state index contributed by atoms with van der Waals surface area (Å²) < 4.78 is 46.9. The average Bonchev–Trinajstić information content (AvgIpc) is 2.27. The largest absolute Gasteiger partial charge is 0.484 e. The molecular weight excluding hydrogens is 255 g/mol. The van der Waals surface area contributed by atoms with Crippen LogP contribution in [0.25, 0.3) is 0 Å². The molecule has 0 spiro atoms. The molecular formula is C10H10F3NO4. The van der Waals surface area contributed by atoms with E-state index in [1.54, 1.807) is 0 Å². The van der Waals surface area contributed by atoms with Gasteiger partial charge in [0.25, 0.3) is 0 Å². The van der Waals surface area contributed by atoms with Crippen molar-refractivity contribution >= 4 is 5.69 Å². The summed E-state index contributed by atoms with van der Waals surface area (Å²) in [7, 11) is 1.38. The van der Waals surface area contributed by atoms with Gasteiger partial charge < -0.3 is 9.47 Å². The smallest absolute Gasteiger partial charge is 0.416 e. The van der Waals surface area contributed by atoms with Crippen LogP contribution in [0.5, 0.6) is 5.75 Å². The monoisotopic (exact) mass is 265 g/mol. The highest BCUT2D eigenvalue weighted by Gasteiger charge is 2.32. The van der Waals surface area contributed by atoms with Crippen molar-refractivity contribution in [3.8, 4) is 5.75 Å². The molecule has 0 bridgehead atoms. The lowest BCUT2D eigenvalue weighted by Gasteiger charge is -2.10. The SMILES string of the molecule is COCCOc1cc(C(F)(F)F)ccc1[N+](=O)[O-]. The quantitative estimate of drug-likeness (QED) is 0.466. The Kier molecular flexibility index (Phi) is 4.49. The highest BCUT2D eigenvalue weighted by atomic mass is 19.4. The van der Waals surface area contributed by atoms with Crippen molar-refractivity contribution in [2.45, 2.75) is 6.18 Å². The van der Waals surface area contributed by atoms with Gasteiger partial charge in [0.05, 0.1) is 17.1 Å². The molecule has 100 valence electrons. The van der Waals surface area contributed by atoms with Gasteiger partial charge in [0.15, 0.2) is 5.75 Å². The van der Waals surface area contributed by atoms with Crippen LogP contribution in [-0.2, 0) is 10.9 Å². The van der Waals surface area contributed by atoms with E-state index in [0.29, 0.717) is 12.1 Å². The first-order chi connectivity index (χ1) is 8.36. The van der Waals surface area contributed by atoms with Crippen LogP contribution in [0, 0.1) is 10.1 Å². The van der Waals surface area contributed by atoms with Gasteiger partial charge >= 0.3 is 11.9 Å². The predicted molar refractivity (Wildman–Crippen MR) is 55.5 cm³/mol. The van der Waals surface area contributed by atoms with Gasteiger partial charge in [-0.2, -0.15) is 13.2 Å². The zero-order valence-corrected chi connectivity index (χ0v) is 9.36. The Labute approximate surface area is 100 Å². The van der Waals surface area contributed by atoms with E-state index in [0.717, 1.165) is 6.07 Å². The molecule has 1 aromatic carbocycles. The summed E-state index contributed by atoms with van der Waals surface area (Å²) >= 11 is 0. The third kappa shape index (κ3) is 3.59. The van der Waals surface area contributed by atoms with Crippen molar-refractivity contribution < 1.29 is 27.6 Å². The molecule has 0 unspecified atom stereocenters. The number of hydrogen-bond acceptors (Lipinski definition) is 4. The first-order valence-electron chi connectivity index (χ1n) is 4.83. The molecule has 1 rings (SSSR count). The first-order valence-corrected chi connectivity index (χ1v) is 4.83. The number of nitrogens with zero attached hydrogens (tertiary/aromatic N) is 1. The van der Waals surface area contributed by atoms with Crippen LogP contribution in [0.1, 0.15) is 5.56 Å². The third-order valence-corrected chi connectivity index (χ3v) is 2.03. The molecule has 18 heavy (non-hydrogen) atoms. The molecule has 0 saturated heterocycles. The molecule has 1 aromatic rings. The van der Waals surface area contributed by atoms with Crippen LogP contribution < -0.4 is 4.74 Å². The van der Waals surface area contributed by atoms with Crippen molar-refractivity contribution in [3.05, 3.63) is 33.9 Å². The van der Waals surface area contributed by atoms with Gasteiger partial charge in [-0.05, 0) is 12.1 Å². The second kappa shape index (κ2) is 5.67. The topological polar surface area (TPSA) is 61.6 Å². The molecule has 0 radical (unpaired) electrons. The average molecular weight is 265 g/mol. The second-order valence-electron chi connectivity index (χ2n) is 3.28. The molecule has 0 fully saturated rings. The van der Waals surface area contributed by atoms with Crippen LogP contribution in [0.2, 0.25) is 0 Å². The number of ether oxygens (including phenoxy) is 2. The normalized spacial score (nSPS) is 11.3. The molecule has 0 aliphatic rings. The van der Waals surface area contributed by atoms with Crippen LogP contribution in [0.3, 0.4) is 0 Å². The van der Waals surface area contributed by atoms with Gasteiger partial charge in [-0.25, -0.2) is 0 Å². The van der Waals surface area contributed by atoms with E-state index in [1.165, 1.54) is 7.11 Å². The van der Waals surface area contributed by atoms with E-state index in [4.69, 9.17) is 4.74 Å². The lowest BCUT2D eigenvalue weighted by molar-refractivity contribution is -0.385. The summed E-state index contributed by atoms with van der Waals surface area (Å²) in [6.07, 6.45) is -4.57. The molecule has 0 aliphatic carbocycles. The maximum absolute atomic E-state index is 12.4. The van der Waals surface area contributed by atoms with Crippen molar-refractivity contribution in [1.29, 1.82) is 0 Å². The van der Waals surface area contributed by atoms with Crippen LogP contribution in [0.4, 0.5) is 18.9 Å². The number of hydrogen-bond donors (Lipinski definition) is 0. The van der Waals surface area contributed by atoms with E-state index in [1.807, 2.05) is 0 Å². The van der Waals surface area contributed by atoms with E-state index >= 15 is 0 Å². The number of halogens is 3. The number of methoxy groups -OCH3 is 1. The highest BCUT2D eigenvalue weighted by molar-refractivity contribution is 5.49. The van der Waals surface area contributed by atoms with Gasteiger partial charge in [-0.1, -0.05) is 0 Å². The van der Waals surface area contributed by atoms with Gasteiger partial charge in [-0.3, -0.25) is 10.1 Å². The first kappa shape index (κ1) is 14.2. The molecule has 0 saturated carbocycles. The van der Waals surface area contributed by atoms with Crippen LogP contribution >= 0.6 is 0 Å². The standard InChI is InChI=1S/C10H10F3NO4/c1-17-4-5-18-9-6-7(10(11,12)13)2-3-8(9)14(15)16/h2-3,6H,4-5H2,1H3. The zero-order chi connectivity index (χ0) is 13.8. The highest BCUT2D eigenvalue weighted by Crippen LogP contribution is 2.35. The molecule has 0 aliphatic heterocycles. The fourth-order valence-electron chi connectivity index (χ4n) is 1.19. The Bertz CT molecular complexity index is 434. The maximum Gasteiger partial charge on any atom is 0.416 e. The van der Waals surface area contributed by atoms with Crippen LogP contribution in [-0.4, -0.2) is 25.2 Å². The third-order valence-electron chi connectivity index (χ3n) is 2.03. The van der Waals surface area contributed by atoms with E-state index < -0.39 is 28.1 Å². The zero-order valence-electron chi connectivity index (χ0n) is 9.36. The fraction of sp³-hybridized carbons (Fsp3) is 0.400. The molecule has 0 heterocycles. The minimum Gasteiger partial charge on any atom is -0.484 e. The second-order valence-corrected chi connectivity index (χ2v) is 3.28. The minimum absolute atomic E-state index is 0.0708. The van der Waals surface area contributed by atoms with E-state index in [-0.39, 0.29) is 13.2 Å². The molecule has 0 N–H and O–H groups in total. The van der Waals surface area contributed by atoms with Crippen LogP contribution in [0.15, 0.2) is 18.2 Å². The lowest BCUT2D eigenvalue weighted by Crippen LogP contribution is -2.09. The fourth-order valence-corrected chi connectivity index (χ4v) is 1.19. The summed E-state index contributed by atoms with van der Waals surface area (Å²) in [5.74, 6) is -0.424. The summed E-state index contributed by atoms with van der Waals surface area (Å²) in [4.78, 5) is 9.83. The molecule has 5 nitrogen and oxygen atoms in total. The Hall–Kier alpha value is -1.83. The number of alkyl halides is 3. The van der Waals surface area contributed by atoms with Crippen molar-refractivity contribution in [1.82, 2.24) is 0 Å². The molecule has 0 amide bonds. The van der Waals surface area contributed by atoms with Crippen molar-refractivity contribution in [2.24, 2.45) is 0 Å². The lowest BCUT2D eigenvalue weighted by atomic mass is 10.2. The minimum atomic E-state index is -4.57. The number of benzene rings is 1. The predicted octanol–water partition coefficient (Wildman–Crippen LogP) is 2.64. The van der Waals surface area contributed by atoms with Gasteiger partial charge in [-0.15, -0.1) is 0 Å². The summed E-state index contributed by atoms with van der Waals surface area (Å²) in [6, 6.07) is 2.01. The Morgan fingerprint density at radius 3 is 2.50 bits per heavy atom. The number of rotatable bonds is 5. The summed E-state index contributed by atoms with van der Waals surface area (Å²) in [5, 5.41) is 10.6. The summed E-state index contributed by atoms with van der Waals surface area (Å²) in [6.45, 7) is 0.0477.